The summed E-state index contributed by atoms with van der Waals surface area (Å²) in [7, 11) is 1.08. The van der Waals surface area contributed by atoms with Crippen molar-refractivity contribution in [3.8, 4) is 11.6 Å². The number of ether oxygens (including phenoxy) is 2. The van der Waals surface area contributed by atoms with Crippen molar-refractivity contribution in [3.05, 3.63) is 21.7 Å². The molecule has 0 bridgehead atoms. The number of pyridine rings is 1. The van der Waals surface area contributed by atoms with Crippen LogP contribution in [-0.2, 0) is 6.54 Å². The summed E-state index contributed by atoms with van der Waals surface area (Å²) in [6, 6.07) is 0.978. The number of halogens is 3. The van der Waals surface area contributed by atoms with Gasteiger partial charge in [0, 0.05) is 17.6 Å². The van der Waals surface area contributed by atoms with Crippen molar-refractivity contribution in [2.45, 2.75) is 12.9 Å². The first kappa shape index (κ1) is 14.0. The molecule has 1 aromatic heterocycles. The number of rotatable bonds is 4. The maximum atomic E-state index is 12.1. The summed E-state index contributed by atoms with van der Waals surface area (Å²) in [5.41, 5.74) is 5.16. The Morgan fingerprint density at radius 2 is 2.17 bits per heavy atom. The minimum atomic E-state index is -5.03. The van der Waals surface area contributed by atoms with Crippen molar-refractivity contribution in [2.75, 3.05) is 7.11 Å². The fraction of sp³-hybridized carbons (Fsp3) is 0.375. The molecule has 0 radical (unpaired) electrons. The third-order valence-electron chi connectivity index (χ3n) is 1.84. The highest BCUT2D eigenvalue weighted by Crippen LogP contribution is 2.34. The van der Waals surface area contributed by atoms with E-state index in [-0.39, 0.29) is 12.1 Å². The van der Waals surface area contributed by atoms with Crippen LogP contribution in [0.1, 0.15) is 5.56 Å². The molecule has 100 valence electrons. The van der Waals surface area contributed by atoms with Crippen LogP contribution in [-0.4, -0.2) is 23.4 Å². The van der Waals surface area contributed by atoms with Gasteiger partial charge in [0.2, 0.25) is 5.75 Å². The Morgan fingerprint density at radius 3 is 2.56 bits per heavy atom. The number of methoxy groups -OCH3 is 1. The number of nitrogens with zero attached hydrogens (tertiary/aromatic N) is 2. The van der Waals surface area contributed by atoms with E-state index in [9.17, 15) is 23.3 Å². The van der Waals surface area contributed by atoms with E-state index in [4.69, 9.17) is 5.73 Å². The van der Waals surface area contributed by atoms with Gasteiger partial charge in [-0.25, -0.2) is 0 Å². The van der Waals surface area contributed by atoms with Crippen LogP contribution in [0.25, 0.3) is 0 Å². The quantitative estimate of drug-likeness (QED) is 0.652. The van der Waals surface area contributed by atoms with E-state index in [0.29, 0.717) is 0 Å². The lowest BCUT2D eigenvalue weighted by Crippen LogP contribution is -2.19. The molecular weight excluding hydrogens is 259 g/mol. The van der Waals surface area contributed by atoms with Crippen LogP contribution in [0.3, 0.4) is 0 Å². The SMILES string of the molecule is COc1cc(CN)c([N+](=O)[O-])nc1OC(F)(F)F. The maximum Gasteiger partial charge on any atom is 0.575 e. The number of hydrogen-bond acceptors (Lipinski definition) is 6. The summed E-state index contributed by atoms with van der Waals surface area (Å²) in [6.07, 6.45) is -5.03. The molecule has 10 heteroatoms. The summed E-state index contributed by atoms with van der Waals surface area (Å²) in [6.45, 7) is -0.272. The molecule has 0 atom stereocenters. The number of nitro groups is 1. The Hall–Kier alpha value is -2.10. The van der Waals surface area contributed by atoms with Crippen molar-refractivity contribution in [2.24, 2.45) is 5.73 Å². The molecular formula is C8H8F3N3O4. The molecule has 0 aliphatic carbocycles. The van der Waals surface area contributed by atoms with Crippen molar-refractivity contribution >= 4 is 5.82 Å². The standard InChI is InChI=1S/C8H8F3N3O4/c1-17-5-2-4(3-12)6(14(15)16)13-7(5)18-8(9,10)11/h2H,3,12H2,1H3. The van der Waals surface area contributed by atoms with Crippen LogP contribution in [0.15, 0.2) is 6.07 Å². The van der Waals surface area contributed by atoms with Crippen molar-refractivity contribution in [3.63, 3.8) is 0 Å². The molecule has 1 aromatic rings. The van der Waals surface area contributed by atoms with E-state index in [2.05, 4.69) is 14.5 Å². The fourth-order valence-corrected chi connectivity index (χ4v) is 1.14. The molecule has 1 heterocycles. The van der Waals surface area contributed by atoms with Crippen LogP contribution < -0.4 is 15.2 Å². The predicted octanol–water partition coefficient (Wildman–Crippen LogP) is 1.36. The predicted molar refractivity (Wildman–Crippen MR) is 52.0 cm³/mol. The van der Waals surface area contributed by atoms with Gasteiger partial charge in [0.25, 0.3) is 0 Å². The lowest BCUT2D eigenvalue weighted by atomic mass is 10.2. The molecule has 0 aliphatic rings. The Kier molecular flexibility index (Phi) is 3.91. The van der Waals surface area contributed by atoms with Gasteiger partial charge in [-0.05, 0) is 4.92 Å². The van der Waals surface area contributed by atoms with Gasteiger partial charge < -0.3 is 25.3 Å². The van der Waals surface area contributed by atoms with E-state index in [1.165, 1.54) is 0 Å². The van der Waals surface area contributed by atoms with Crippen LogP contribution in [0.2, 0.25) is 0 Å². The molecule has 0 aromatic carbocycles. The van der Waals surface area contributed by atoms with E-state index in [1.54, 1.807) is 0 Å². The van der Waals surface area contributed by atoms with Crippen LogP contribution in [0.4, 0.5) is 19.0 Å². The van der Waals surface area contributed by atoms with Gasteiger partial charge >= 0.3 is 18.1 Å². The molecule has 0 unspecified atom stereocenters. The Morgan fingerprint density at radius 1 is 1.56 bits per heavy atom. The smallest absolute Gasteiger partial charge is 0.489 e. The molecule has 18 heavy (non-hydrogen) atoms. The van der Waals surface area contributed by atoms with E-state index < -0.39 is 28.7 Å². The second-order valence-electron chi connectivity index (χ2n) is 2.99. The van der Waals surface area contributed by atoms with Gasteiger partial charge in [-0.15, -0.1) is 13.2 Å². The second-order valence-corrected chi connectivity index (χ2v) is 2.99. The molecule has 0 spiro atoms. The molecule has 0 saturated heterocycles. The van der Waals surface area contributed by atoms with Gasteiger partial charge in [0.05, 0.1) is 12.7 Å². The largest absolute Gasteiger partial charge is 0.575 e. The summed E-state index contributed by atoms with van der Waals surface area (Å²) in [5.74, 6) is -2.23. The number of nitrogens with two attached hydrogens (primary N) is 1. The fourth-order valence-electron chi connectivity index (χ4n) is 1.14. The molecule has 7 nitrogen and oxygen atoms in total. The lowest BCUT2D eigenvalue weighted by molar-refractivity contribution is -0.390. The van der Waals surface area contributed by atoms with Gasteiger partial charge in [-0.1, -0.05) is 0 Å². The zero-order valence-corrected chi connectivity index (χ0v) is 9.02. The van der Waals surface area contributed by atoms with Crippen molar-refractivity contribution in [1.29, 1.82) is 0 Å². The Labute approximate surface area is 98.5 Å². The highest BCUT2D eigenvalue weighted by atomic mass is 19.4. The van der Waals surface area contributed by atoms with Crippen LogP contribution in [0, 0.1) is 10.1 Å². The van der Waals surface area contributed by atoms with Gasteiger partial charge in [-0.3, -0.25) is 0 Å². The first-order valence-corrected chi connectivity index (χ1v) is 4.46. The minimum Gasteiger partial charge on any atom is -0.489 e. The monoisotopic (exact) mass is 267 g/mol. The van der Waals surface area contributed by atoms with E-state index in [1.807, 2.05) is 0 Å². The summed E-state index contributed by atoms with van der Waals surface area (Å²) < 4.78 is 44.3. The first-order valence-electron chi connectivity index (χ1n) is 4.46. The average molecular weight is 267 g/mol. The zero-order chi connectivity index (χ0) is 13.9. The van der Waals surface area contributed by atoms with E-state index in [0.717, 1.165) is 13.2 Å². The number of hydrogen-bond donors (Lipinski definition) is 1. The van der Waals surface area contributed by atoms with Crippen molar-refractivity contribution < 1.29 is 27.6 Å². The lowest BCUT2D eigenvalue weighted by Gasteiger charge is -2.09. The first-order chi connectivity index (χ1) is 8.28. The van der Waals surface area contributed by atoms with E-state index >= 15 is 0 Å². The molecule has 0 fully saturated rings. The van der Waals surface area contributed by atoms with Crippen LogP contribution in [0.5, 0.6) is 11.6 Å². The topological polar surface area (TPSA) is 101 Å². The second kappa shape index (κ2) is 5.04. The molecule has 0 saturated carbocycles. The molecule has 2 N–H and O–H groups in total. The van der Waals surface area contributed by atoms with Crippen molar-refractivity contribution in [1.82, 2.24) is 4.98 Å². The average Bonchev–Trinajstić information content (AvgIpc) is 2.26. The number of alkyl halides is 3. The third kappa shape index (κ3) is 3.20. The summed E-state index contributed by atoms with van der Waals surface area (Å²) >= 11 is 0. The summed E-state index contributed by atoms with van der Waals surface area (Å²) in [4.78, 5) is 12.8. The molecule has 0 amide bonds. The van der Waals surface area contributed by atoms with Crippen LogP contribution >= 0.6 is 0 Å². The minimum absolute atomic E-state index is 0.0635. The highest BCUT2D eigenvalue weighted by molar-refractivity contribution is 5.45. The van der Waals surface area contributed by atoms with Gasteiger partial charge in [0.15, 0.2) is 0 Å². The Bertz CT molecular complexity index is 464. The van der Waals surface area contributed by atoms with Gasteiger partial charge in [-0.2, -0.15) is 0 Å². The maximum absolute atomic E-state index is 12.1. The zero-order valence-electron chi connectivity index (χ0n) is 9.02. The van der Waals surface area contributed by atoms with Gasteiger partial charge in [0.1, 0.15) is 0 Å². The Balaban J connectivity index is 3.32. The third-order valence-corrected chi connectivity index (χ3v) is 1.84. The summed E-state index contributed by atoms with van der Waals surface area (Å²) in [5, 5.41) is 10.6. The normalized spacial score (nSPS) is 11.2. The molecule has 0 aliphatic heterocycles. The number of aromatic nitrogens is 1. The highest BCUT2D eigenvalue weighted by Gasteiger charge is 2.36. The molecule has 1 rings (SSSR count).